The minimum absolute atomic E-state index is 0.00514. The molecule has 0 aliphatic carbocycles. The van der Waals surface area contributed by atoms with Crippen molar-refractivity contribution in [2.45, 2.75) is 20.4 Å². The van der Waals surface area contributed by atoms with Crippen LogP contribution in [0.4, 0.5) is 0 Å². The van der Waals surface area contributed by atoms with Gasteiger partial charge in [-0.3, -0.25) is 9.89 Å². The predicted molar refractivity (Wildman–Crippen MR) is 66.0 cm³/mol. The lowest BCUT2D eigenvalue weighted by Crippen LogP contribution is -2.25. The Morgan fingerprint density at radius 3 is 2.76 bits per heavy atom. The number of H-pyrrole nitrogens is 1. The second-order valence-corrected chi connectivity index (χ2v) is 5.20. The van der Waals surface area contributed by atoms with E-state index in [1.165, 1.54) is 11.3 Å². The maximum absolute atomic E-state index is 12.0. The fraction of sp³-hybridized carbons (Fsp3) is 0.364. The van der Waals surface area contributed by atoms with Crippen molar-refractivity contribution in [1.82, 2.24) is 20.1 Å². The van der Waals surface area contributed by atoms with Crippen LogP contribution in [0.2, 0.25) is 0 Å². The highest BCUT2D eigenvalue weighted by Crippen LogP contribution is 2.17. The SMILES string of the molecule is Cc1nc(CN(C)C(=O)c2ccc(C)s2)n[nH]1. The Kier molecular flexibility index (Phi) is 3.23. The van der Waals surface area contributed by atoms with Crippen LogP contribution in [0, 0.1) is 13.8 Å². The van der Waals surface area contributed by atoms with E-state index < -0.39 is 0 Å². The van der Waals surface area contributed by atoms with Gasteiger partial charge in [-0.2, -0.15) is 5.10 Å². The number of aromatic nitrogens is 3. The van der Waals surface area contributed by atoms with Gasteiger partial charge in [0.05, 0.1) is 11.4 Å². The van der Waals surface area contributed by atoms with Crippen molar-refractivity contribution in [2.24, 2.45) is 0 Å². The summed E-state index contributed by atoms with van der Waals surface area (Å²) >= 11 is 1.50. The lowest BCUT2D eigenvalue weighted by atomic mass is 10.4. The summed E-state index contributed by atoms with van der Waals surface area (Å²) in [4.78, 5) is 19.7. The lowest BCUT2D eigenvalue weighted by molar-refractivity contribution is 0.0786. The number of carbonyl (C=O) groups is 1. The highest BCUT2D eigenvalue weighted by Gasteiger charge is 2.15. The Labute approximate surface area is 103 Å². The first-order valence-corrected chi connectivity index (χ1v) is 6.07. The standard InChI is InChI=1S/C11H14N4OS/c1-7-4-5-9(17-7)11(16)15(3)6-10-12-8(2)13-14-10/h4-5H,6H2,1-3H3,(H,12,13,14). The van der Waals surface area contributed by atoms with E-state index in [9.17, 15) is 4.79 Å². The van der Waals surface area contributed by atoms with Gasteiger partial charge in [0.15, 0.2) is 5.82 Å². The molecule has 0 radical (unpaired) electrons. The third-order valence-electron chi connectivity index (χ3n) is 2.32. The summed E-state index contributed by atoms with van der Waals surface area (Å²) < 4.78 is 0. The normalized spacial score (nSPS) is 10.5. The second kappa shape index (κ2) is 4.67. The topological polar surface area (TPSA) is 61.9 Å². The van der Waals surface area contributed by atoms with Crippen LogP contribution < -0.4 is 0 Å². The summed E-state index contributed by atoms with van der Waals surface area (Å²) in [7, 11) is 1.75. The van der Waals surface area contributed by atoms with Gasteiger partial charge >= 0.3 is 0 Å². The van der Waals surface area contributed by atoms with E-state index >= 15 is 0 Å². The highest BCUT2D eigenvalue weighted by atomic mass is 32.1. The van der Waals surface area contributed by atoms with Crippen LogP contribution in [-0.4, -0.2) is 33.0 Å². The van der Waals surface area contributed by atoms with Crippen molar-refractivity contribution in [3.8, 4) is 0 Å². The van der Waals surface area contributed by atoms with Gasteiger partial charge in [0.2, 0.25) is 0 Å². The third kappa shape index (κ3) is 2.71. The van der Waals surface area contributed by atoms with Crippen LogP contribution in [0.1, 0.15) is 26.2 Å². The van der Waals surface area contributed by atoms with Gasteiger partial charge in [-0.15, -0.1) is 11.3 Å². The fourth-order valence-electron chi connectivity index (χ4n) is 1.48. The quantitative estimate of drug-likeness (QED) is 0.902. The number of thiophene rings is 1. The molecule has 17 heavy (non-hydrogen) atoms. The zero-order chi connectivity index (χ0) is 12.4. The number of hydrogen-bond acceptors (Lipinski definition) is 4. The third-order valence-corrected chi connectivity index (χ3v) is 3.31. The lowest BCUT2D eigenvalue weighted by Gasteiger charge is -2.13. The highest BCUT2D eigenvalue weighted by molar-refractivity contribution is 7.13. The van der Waals surface area contributed by atoms with Crippen molar-refractivity contribution in [1.29, 1.82) is 0 Å². The maximum atomic E-state index is 12.0. The number of carbonyl (C=O) groups excluding carboxylic acids is 1. The van der Waals surface area contributed by atoms with Crippen LogP contribution >= 0.6 is 11.3 Å². The van der Waals surface area contributed by atoms with E-state index in [1.54, 1.807) is 11.9 Å². The molecular formula is C11H14N4OS. The van der Waals surface area contributed by atoms with E-state index in [1.807, 2.05) is 26.0 Å². The molecule has 0 bridgehead atoms. The summed E-state index contributed by atoms with van der Waals surface area (Å²) in [6.45, 7) is 4.24. The molecule has 90 valence electrons. The first-order chi connectivity index (χ1) is 8.06. The van der Waals surface area contributed by atoms with E-state index in [4.69, 9.17) is 0 Å². The number of nitrogens with one attached hydrogen (secondary N) is 1. The van der Waals surface area contributed by atoms with Gasteiger partial charge in [0.1, 0.15) is 5.82 Å². The summed E-state index contributed by atoms with van der Waals surface area (Å²) in [5.41, 5.74) is 0. The molecule has 5 nitrogen and oxygen atoms in total. The molecule has 2 heterocycles. The average molecular weight is 250 g/mol. The van der Waals surface area contributed by atoms with E-state index in [2.05, 4.69) is 15.2 Å². The second-order valence-electron chi connectivity index (χ2n) is 3.91. The number of amides is 1. The number of aryl methyl sites for hydroxylation is 2. The maximum Gasteiger partial charge on any atom is 0.264 e. The summed E-state index contributed by atoms with van der Waals surface area (Å²) in [5, 5.41) is 6.77. The zero-order valence-corrected chi connectivity index (χ0v) is 10.8. The van der Waals surface area contributed by atoms with Crippen LogP contribution in [0.5, 0.6) is 0 Å². The zero-order valence-electron chi connectivity index (χ0n) is 10.0. The van der Waals surface area contributed by atoms with Gasteiger partial charge in [0.25, 0.3) is 5.91 Å². The molecule has 0 atom stereocenters. The molecule has 6 heteroatoms. The van der Waals surface area contributed by atoms with Crippen LogP contribution in [0.3, 0.4) is 0 Å². The van der Waals surface area contributed by atoms with Crippen molar-refractivity contribution in [3.63, 3.8) is 0 Å². The largest absolute Gasteiger partial charge is 0.333 e. The molecule has 1 N–H and O–H groups in total. The molecular weight excluding hydrogens is 236 g/mol. The van der Waals surface area contributed by atoms with Gasteiger partial charge in [-0.1, -0.05) is 0 Å². The number of nitrogens with zero attached hydrogens (tertiary/aromatic N) is 3. The molecule has 0 saturated carbocycles. The summed E-state index contributed by atoms with van der Waals surface area (Å²) in [6.07, 6.45) is 0. The molecule has 0 aliphatic heterocycles. The first-order valence-electron chi connectivity index (χ1n) is 5.26. The summed E-state index contributed by atoms with van der Waals surface area (Å²) in [6, 6.07) is 3.80. The van der Waals surface area contributed by atoms with Crippen molar-refractivity contribution >= 4 is 17.2 Å². The van der Waals surface area contributed by atoms with Crippen molar-refractivity contribution < 1.29 is 4.79 Å². The average Bonchev–Trinajstić information content (AvgIpc) is 2.87. The van der Waals surface area contributed by atoms with Gasteiger partial charge < -0.3 is 4.90 Å². The Morgan fingerprint density at radius 1 is 1.47 bits per heavy atom. The van der Waals surface area contributed by atoms with Crippen molar-refractivity contribution in [2.75, 3.05) is 7.05 Å². The number of hydrogen-bond donors (Lipinski definition) is 1. The molecule has 2 aromatic rings. The Hall–Kier alpha value is -1.69. The van der Waals surface area contributed by atoms with E-state index in [0.717, 1.165) is 15.6 Å². The summed E-state index contributed by atoms with van der Waals surface area (Å²) in [5.74, 6) is 1.39. The Balaban J connectivity index is 2.05. The predicted octanol–water partition coefficient (Wildman–Crippen LogP) is 1.76. The molecule has 1 amide bonds. The number of aromatic amines is 1. The van der Waals surface area contributed by atoms with E-state index in [-0.39, 0.29) is 5.91 Å². The Bertz CT molecular complexity index is 531. The first kappa shape index (κ1) is 11.8. The molecule has 0 aromatic carbocycles. The van der Waals surface area contributed by atoms with Gasteiger partial charge in [0, 0.05) is 11.9 Å². The molecule has 0 fully saturated rings. The smallest absolute Gasteiger partial charge is 0.264 e. The van der Waals surface area contributed by atoms with E-state index in [0.29, 0.717) is 12.4 Å². The van der Waals surface area contributed by atoms with Crippen LogP contribution in [-0.2, 0) is 6.54 Å². The van der Waals surface area contributed by atoms with Crippen LogP contribution in [0.25, 0.3) is 0 Å². The Morgan fingerprint density at radius 2 is 2.24 bits per heavy atom. The van der Waals surface area contributed by atoms with Crippen LogP contribution in [0.15, 0.2) is 12.1 Å². The fourth-order valence-corrected chi connectivity index (χ4v) is 2.34. The van der Waals surface area contributed by atoms with Gasteiger partial charge in [-0.05, 0) is 26.0 Å². The molecule has 2 rings (SSSR count). The minimum atomic E-state index is 0.00514. The van der Waals surface area contributed by atoms with Crippen molar-refractivity contribution in [3.05, 3.63) is 33.5 Å². The monoisotopic (exact) mass is 250 g/mol. The minimum Gasteiger partial charge on any atom is -0.333 e. The molecule has 0 spiro atoms. The molecule has 2 aromatic heterocycles. The number of rotatable bonds is 3. The molecule has 0 saturated heterocycles. The van der Waals surface area contributed by atoms with Gasteiger partial charge in [-0.25, -0.2) is 4.98 Å². The molecule has 0 aliphatic rings. The molecule has 0 unspecified atom stereocenters.